The summed E-state index contributed by atoms with van der Waals surface area (Å²) in [6.07, 6.45) is 0. The molecule has 3 nitrogen and oxygen atoms in total. The Bertz CT molecular complexity index is 516. The molecule has 1 heterocycles. The average Bonchev–Trinajstić information content (AvgIpc) is 2.42. The maximum Gasteiger partial charge on any atom is 0.159 e. The minimum absolute atomic E-state index is 0.0734. The van der Waals surface area contributed by atoms with E-state index in [1.54, 1.807) is 11.6 Å². The topological polar surface area (TPSA) is 34.9 Å². The number of rotatable bonds is 1. The summed E-state index contributed by atoms with van der Waals surface area (Å²) in [5.74, 6) is 0.0734. The maximum absolute atomic E-state index is 11.2. The monoisotopic (exact) mass is 252 g/mol. The smallest absolute Gasteiger partial charge is 0.159 e. The van der Waals surface area contributed by atoms with E-state index >= 15 is 0 Å². The molecule has 72 valence electrons. The highest BCUT2D eigenvalue weighted by Gasteiger charge is 2.07. The van der Waals surface area contributed by atoms with E-state index in [1.807, 2.05) is 25.2 Å². The summed E-state index contributed by atoms with van der Waals surface area (Å²) in [7, 11) is 1.86. The predicted molar refractivity (Wildman–Crippen MR) is 58.4 cm³/mol. The van der Waals surface area contributed by atoms with Gasteiger partial charge in [0.2, 0.25) is 0 Å². The molecule has 1 aromatic carbocycles. The Balaban J connectivity index is 2.77. The van der Waals surface area contributed by atoms with Gasteiger partial charge in [0, 0.05) is 18.0 Å². The van der Waals surface area contributed by atoms with Crippen molar-refractivity contribution in [2.24, 2.45) is 7.05 Å². The van der Waals surface area contributed by atoms with Gasteiger partial charge < -0.3 is 0 Å². The number of carbonyl (C=O) groups excluding carboxylic acids is 1. The Morgan fingerprint density at radius 3 is 2.86 bits per heavy atom. The lowest BCUT2D eigenvalue weighted by Crippen LogP contribution is -1.93. The Morgan fingerprint density at radius 2 is 2.21 bits per heavy atom. The fraction of sp³-hybridized carbons (Fsp3) is 0.200. The van der Waals surface area contributed by atoms with Crippen LogP contribution in [0.4, 0.5) is 0 Å². The molecule has 0 amide bonds. The minimum Gasteiger partial charge on any atom is -0.295 e. The fourth-order valence-corrected chi connectivity index (χ4v) is 2.01. The van der Waals surface area contributed by atoms with Crippen LogP contribution in [0, 0.1) is 0 Å². The molecule has 0 N–H and O–H groups in total. The Kier molecular flexibility index (Phi) is 2.15. The van der Waals surface area contributed by atoms with Crippen molar-refractivity contribution in [1.82, 2.24) is 9.78 Å². The van der Waals surface area contributed by atoms with Gasteiger partial charge in [0.25, 0.3) is 0 Å². The molecule has 0 saturated carbocycles. The molecule has 0 radical (unpaired) electrons. The lowest BCUT2D eigenvalue weighted by Gasteiger charge is -1.97. The summed E-state index contributed by atoms with van der Waals surface area (Å²) in [4.78, 5) is 11.2. The second-order valence-electron chi connectivity index (χ2n) is 3.20. The van der Waals surface area contributed by atoms with Crippen LogP contribution in [-0.2, 0) is 7.05 Å². The van der Waals surface area contributed by atoms with Crippen LogP contribution >= 0.6 is 15.9 Å². The van der Waals surface area contributed by atoms with Gasteiger partial charge in [-0.3, -0.25) is 9.48 Å². The van der Waals surface area contributed by atoms with Crippen LogP contribution in [0.1, 0.15) is 17.3 Å². The van der Waals surface area contributed by atoms with Crippen LogP contribution in [0.25, 0.3) is 10.9 Å². The van der Waals surface area contributed by atoms with Crippen LogP contribution in [0.15, 0.2) is 22.8 Å². The SMILES string of the molecule is CC(=O)c1ccc2c(Br)nn(C)c2c1. The van der Waals surface area contributed by atoms with Gasteiger partial charge in [0.05, 0.1) is 5.52 Å². The highest BCUT2D eigenvalue weighted by Crippen LogP contribution is 2.23. The van der Waals surface area contributed by atoms with Crippen molar-refractivity contribution < 1.29 is 4.79 Å². The van der Waals surface area contributed by atoms with Crippen LogP contribution in [0.5, 0.6) is 0 Å². The van der Waals surface area contributed by atoms with Crippen LogP contribution in [0.3, 0.4) is 0 Å². The standard InChI is InChI=1S/C10H9BrN2O/c1-6(14)7-3-4-8-9(5-7)13(2)12-10(8)11/h3-5H,1-2H3. The van der Waals surface area contributed by atoms with Gasteiger partial charge in [-0.2, -0.15) is 5.10 Å². The molecule has 0 saturated heterocycles. The second-order valence-corrected chi connectivity index (χ2v) is 3.95. The molecule has 4 heteroatoms. The first-order valence-electron chi connectivity index (χ1n) is 4.23. The van der Waals surface area contributed by atoms with E-state index in [2.05, 4.69) is 21.0 Å². The molecule has 0 atom stereocenters. The summed E-state index contributed by atoms with van der Waals surface area (Å²) in [6, 6.07) is 5.58. The van der Waals surface area contributed by atoms with Gasteiger partial charge in [-0.15, -0.1) is 0 Å². The van der Waals surface area contributed by atoms with Gasteiger partial charge in [-0.05, 0) is 35.0 Å². The number of hydrogen-bond acceptors (Lipinski definition) is 2. The third-order valence-corrected chi connectivity index (χ3v) is 2.80. The number of Topliss-reactive ketones (excluding diaryl/α,β-unsaturated/α-hetero) is 1. The molecule has 14 heavy (non-hydrogen) atoms. The minimum atomic E-state index is 0.0734. The van der Waals surface area contributed by atoms with E-state index < -0.39 is 0 Å². The molecule has 0 spiro atoms. The van der Waals surface area contributed by atoms with E-state index in [4.69, 9.17) is 0 Å². The summed E-state index contributed by atoms with van der Waals surface area (Å²) >= 11 is 3.36. The number of aryl methyl sites for hydroxylation is 1. The first-order valence-corrected chi connectivity index (χ1v) is 5.02. The van der Waals surface area contributed by atoms with Gasteiger partial charge in [0.1, 0.15) is 4.60 Å². The largest absolute Gasteiger partial charge is 0.295 e. The van der Waals surface area contributed by atoms with E-state index in [9.17, 15) is 4.79 Å². The summed E-state index contributed by atoms with van der Waals surface area (Å²) in [5.41, 5.74) is 1.68. The van der Waals surface area contributed by atoms with Gasteiger partial charge in [0.15, 0.2) is 5.78 Å². The maximum atomic E-state index is 11.2. The third kappa shape index (κ3) is 1.35. The fourth-order valence-electron chi connectivity index (χ4n) is 1.43. The zero-order valence-electron chi connectivity index (χ0n) is 7.91. The van der Waals surface area contributed by atoms with Gasteiger partial charge >= 0.3 is 0 Å². The molecule has 0 fully saturated rings. The van der Waals surface area contributed by atoms with E-state index in [1.165, 1.54) is 0 Å². The Hall–Kier alpha value is -1.16. The van der Waals surface area contributed by atoms with Gasteiger partial charge in [-0.25, -0.2) is 0 Å². The Labute approximate surface area is 89.8 Å². The van der Waals surface area contributed by atoms with Crippen LogP contribution in [0.2, 0.25) is 0 Å². The summed E-state index contributed by atoms with van der Waals surface area (Å²) in [6.45, 7) is 1.56. The van der Waals surface area contributed by atoms with Crippen LogP contribution < -0.4 is 0 Å². The molecular formula is C10H9BrN2O. The lowest BCUT2D eigenvalue weighted by atomic mass is 10.1. The molecule has 2 aromatic rings. The number of nitrogens with zero attached hydrogens (tertiary/aromatic N) is 2. The average molecular weight is 253 g/mol. The lowest BCUT2D eigenvalue weighted by molar-refractivity contribution is 0.101. The van der Waals surface area contributed by atoms with E-state index in [-0.39, 0.29) is 5.78 Å². The number of carbonyl (C=O) groups is 1. The van der Waals surface area contributed by atoms with Crippen molar-refractivity contribution in [1.29, 1.82) is 0 Å². The zero-order valence-corrected chi connectivity index (χ0v) is 9.50. The first-order chi connectivity index (χ1) is 6.59. The van der Waals surface area contributed by atoms with Crippen molar-refractivity contribution in [3.05, 3.63) is 28.4 Å². The van der Waals surface area contributed by atoms with E-state index in [0.29, 0.717) is 5.56 Å². The molecule has 0 bridgehead atoms. The van der Waals surface area contributed by atoms with Crippen molar-refractivity contribution >= 4 is 32.6 Å². The summed E-state index contributed by atoms with van der Waals surface area (Å²) < 4.78 is 2.57. The van der Waals surface area contributed by atoms with Crippen molar-refractivity contribution in [2.75, 3.05) is 0 Å². The normalized spacial score (nSPS) is 10.8. The molecule has 0 unspecified atom stereocenters. The molecule has 2 rings (SSSR count). The van der Waals surface area contributed by atoms with Crippen molar-refractivity contribution in [3.8, 4) is 0 Å². The number of hydrogen-bond donors (Lipinski definition) is 0. The number of benzene rings is 1. The molecule has 0 aliphatic rings. The third-order valence-electron chi connectivity index (χ3n) is 2.21. The quantitative estimate of drug-likeness (QED) is 0.732. The number of aromatic nitrogens is 2. The first kappa shape index (κ1) is 9.40. The highest BCUT2D eigenvalue weighted by atomic mass is 79.9. The summed E-state index contributed by atoms with van der Waals surface area (Å²) in [5, 5.41) is 5.24. The highest BCUT2D eigenvalue weighted by molar-refractivity contribution is 9.10. The predicted octanol–water partition coefficient (Wildman–Crippen LogP) is 2.54. The van der Waals surface area contributed by atoms with Gasteiger partial charge in [-0.1, -0.05) is 6.07 Å². The molecule has 0 aliphatic heterocycles. The number of ketones is 1. The number of halogens is 1. The van der Waals surface area contributed by atoms with Crippen LogP contribution in [-0.4, -0.2) is 15.6 Å². The van der Waals surface area contributed by atoms with E-state index in [0.717, 1.165) is 15.5 Å². The number of fused-ring (bicyclic) bond motifs is 1. The second kappa shape index (κ2) is 3.20. The Morgan fingerprint density at radius 1 is 1.50 bits per heavy atom. The van der Waals surface area contributed by atoms with Crippen molar-refractivity contribution in [2.45, 2.75) is 6.92 Å². The molecule has 1 aromatic heterocycles. The molecular weight excluding hydrogens is 244 g/mol. The zero-order chi connectivity index (χ0) is 10.3. The molecule has 0 aliphatic carbocycles. The van der Waals surface area contributed by atoms with Crippen molar-refractivity contribution in [3.63, 3.8) is 0 Å².